The van der Waals surface area contributed by atoms with Crippen molar-refractivity contribution in [2.45, 2.75) is 97.8 Å². The summed E-state index contributed by atoms with van der Waals surface area (Å²) in [6.45, 7) is 26.2. The van der Waals surface area contributed by atoms with Crippen LogP contribution in [0.2, 0.25) is 0 Å². The average Bonchev–Trinajstić information content (AvgIpc) is 3.95. The maximum absolute atomic E-state index is 5.23. The third kappa shape index (κ3) is 8.45. The van der Waals surface area contributed by atoms with Gasteiger partial charge in [-0.05, 0) is 132 Å². The van der Waals surface area contributed by atoms with E-state index in [1.54, 1.807) is 0 Å². The highest BCUT2D eigenvalue weighted by Crippen LogP contribution is 2.46. The molecule has 4 nitrogen and oxygen atoms in total. The monoisotopic (exact) mass is 983 g/mol. The Morgan fingerprint density at radius 1 is 0.365 bits per heavy atom. The summed E-state index contributed by atoms with van der Waals surface area (Å²) in [6, 6.07) is 78.3. The summed E-state index contributed by atoms with van der Waals surface area (Å²) in [5.41, 5.74) is 13.4. The van der Waals surface area contributed by atoms with Gasteiger partial charge in [-0.25, -0.2) is 4.98 Å². The zero-order chi connectivity index (χ0) is 51.8. The van der Waals surface area contributed by atoms with Gasteiger partial charge < -0.3 is 9.80 Å². The van der Waals surface area contributed by atoms with E-state index in [1.165, 1.54) is 82.1 Å². The first kappa shape index (κ1) is 48.8. The number of anilines is 4. The molecule has 74 heavy (non-hydrogen) atoms. The zero-order valence-electron chi connectivity index (χ0n) is 45.2. The highest BCUT2D eigenvalue weighted by atomic mass is 28.3. The summed E-state index contributed by atoms with van der Waals surface area (Å²) >= 11 is 0. The molecule has 0 N–H and O–H groups in total. The van der Waals surface area contributed by atoms with Gasteiger partial charge in [-0.1, -0.05) is 216 Å². The van der Waals surface area contributed by atoms with Crippen LogP contribution < -0.4 is 30.5 Å². The number of benzene rings is 8. The van der Waals surface area contributed by atoms with Crippen molar-refractivity contribution < 1.29 is 0 Å². The summed E-state index contributed by atoms with van der Waals surface area (Å²) in [5.74, 6) is 0.917. The molecule has 1 aliphatic heterocycles. The summed E-state index contributed by atoms with van der Waals surface area (Å²) in [5, 5.41) is 7.78. The topological polar surface area (TPSA) is 24.3 Å². The minimum atomic E-state index is -3.10. The maximum Gasteiger partial charge on any atom is 0.179 e. The second-order valence-corrected chi connectivity index (χ2v) is 28.0. The molecule has 0 saturated carbocycles. The van der Waals surface area contributed by atoms with Crippen LogP contribution in [0.15, 0.2) is 212 Å². The van der Waals surface area contributed by atoms with Gasteiger partial charge in [0.2, 0.25) is 0 Å². The van der Waals surface area contributed by atoms with Crippen LogP contribution in [0.3, 0.4) is 0 Å². The van der Waals surface area contributed by atoms with Gasteiger partial charge in [0.05, 0.1) is 22.4 Å². The quantitative estimate of drug-likeness (QED) is 0.106. The molecule has 8 aromatic carbocycles. The fourth-order valence-corrected chi connectivity index (χ4v) is 16.3. The lowest BCUT2D eigenvalue weighted by Crippen LogP contribution is -2.74. The molecular formula is C69H70N4Si. The number of fused-ring (bicyclic) bond motifs is 4. The van der Waals surface area contributed by atoms with E-state index in [1.807, 2.05) is 6.20 Å². The molecule has 370 valence electrons. The van der Waals surface area contributed by atoms with E-state index in [4.69, 9.17) is 4.98 Å². The lowest BCUT2D eigenvalue weighted by Gasteiger charge is -2.35. The largest absolute Gasteiger partial charge is 0.321 e. The Morgan fingerprint density at radius 2 is 0.905 bits per heavy atom. The van der Waals surface area contributed by atoms with Gasteiger partial charge in [0.25, 0.3) is 0 Å². The molecular weight excluding hydrogens is 913 g/mol. The van der Waals surface area contributed by atoms with E-state index in [-0.39, 0.29) is 21.7 Å². The van der Waals surface area contributed by atoms with E-state index < -0.39 is 8.07 Å². The smallest absolute Gasteiger partial charge is 0.179 e. The average molecular weight is 983 g/mol. The number of hydrogen-bond donors (Lipinski definition) is 0. The summed E-state index contributed by atoms with van der Waals surface area (Å²) in [7, 11) is -3.10. The molecule has 2 aromatic heterocycles. The Labute approximate surface area is 441 Å². The molecule has 1 aliphatic rings. The van der Waals surface area contributed by atoms with E-state index in [2.05, 4.69) is 297 Å². The van der Waals surface area contributed by atoms with Crippen molar-refractivity contribution in [1.82, 2.24) is 9.55 Å². The van der Waals surface area contributed by atoms with Gasteiger partial charge in [-0.3, -0.25) is 4.57 Å². The van der Waals surface area contributed by atoms with Crippen molar-refractivity contribution in [2.24, 2.45) is 0 Å². The molecule has 10 aromatic rings. The molecule has 0 fully saturated rings. The van der Waals surface area contributed by atoms with Crippen LogP contribution in [0.25, 0.3) is 27.6 Å². The second-order valence-electron chi connectivity index (χ2n) is 24.2. The second kappa shape index (κ2) is 18.2. The van der Waals surface area contributed by atoms with Gasteiger partial charge in [0.1, 0.15) is 12.5 Å². The van der Waals surface area contributed by atoms with E-state index in [0.29, 0.717) is 6.67 Å². The lowest BCUT2D eigenvalue weighted by atomic mass is 9.78. The van der Waals surface area contributed by atoms with Gasteiger partial charge >= 0.3 is 0 Å². The predicted octanol–water partition coefficient (Wildman–Crippen LogP) is 15.0. The van der Waals surface area contributed by atoms with Crippen molar-refractivity contribution in [3.05, 3.63) is 240 Å². The van der Waals surface area contributed by atoms with Crippen LogP contribution in [-0.4, -0.2) is 24.3 Å². The van der Waals surface area contributed by atoms with Crippen molar-refractivity contribution in [3.8, 4) is 5.82 Å². The molecule has 0 unspecified atom stereocenters. The van der Waals surface area contributed by atoms with Gasteiger partial charge in [0.15, 0.2) is 8.07 Å². The predicted molar refractivity (Wildman–Crippen MR) is 319 cm³/mol. The Hall–Kier alpha value is -7.47. The van der Waals surface area contributed by atoms with Gasteiger partial charge in [0, 0.05) is 33.8 Å². The van der Waals surface area contributed by atoms with Crippen LogP contribution >= 0.6 is 0 Å². The zero-order valence-corrected chi connectivity index (χ0v) is 46.2. The number of aromatic nitrogens is 2. The Morgan fingerprint density at radius 3 is 1.50 bits per heavy atom. The Kier molecular flexibility index (Phi) is 12.0. The number of nitrogens with zero attached hydrogens (tertiary/aromatic N) is 4. The highest BCUT2D eigenvalue weighted by Gasteiger charge is 2.43. The van der Waals surface area contributed by atoms with E-state index in [9.17, 15) is 0 Å². The van der Waals surface area contributed by atoms with Crippen LogP contribution in [-0.2, 0) is 21.7 Å². The maximum atomic E-state index is 5.23. The SMILES string of the molecule is CC(C)(C)c1cc(N2CN(c3cccc([Si](c4ccccc4)(c4ccccc4)c4ccc5c6cc(C(C)(C)C)ccc6n(-c6cc(C(C)(C)c7ccccc7)ccn6)c5c4)c3)c3ccccc32)cc(C(C)(C)C)c1. The fraction of sp³-hybridized carbons (Fsp3) is 0.232. The third-order valence-corrected chi connectivity index (χ3v) is 20.7. The number of hydrogen-bond acceptors (Lipinski definition) is 3. The Bertz CT molecular complexity index is 3610. The molecule has 0 atom stereocenters. The standard InChI is InChI=1S/C69H70N4Si/c1-66(2,3)49-34-37-61-60(43-49)59-36-35-58(46-64(59)73(61)65-44-50(38-39-70-65)69(10,11)48-24-15-12-16-25-48)74(55-27-17-13-18-28-55,56-29-19-14-20-30-56)57-31-23-26-53(45-57)71-47-72(63-33-22-21-32-62(63)71)54-41-51(67(4,5)6)40-52(42-54)68(7,8)9/h12-46H,47H2,1-11H3. The molecule has 0 bridgehead atoms. The molecule has 0 radical (unpaired) electrons. The third-order valence-electron chi connectivity index (χ3n) is 16.0. The van der Waals surface area contributed by atoms with E-state index in [0.717, 1.165) is 16.9 Å². The van der Waals surface area contributed by atoms with Crippen LogP contribution in [0, 0.1) is 0 Å². The normalized spacial score (nSPS) is 13.5. The van der Waals surface area contributed by atoms with Crippen LogP contribution in [0.5, 0.6) is 0 Å². The first-order chi connectivity index (χ1) is 35.3. The number of rotatable bonds is 9. The minimum Gasteiger partial charge on any atom is -0.321 e. The van der Waals surface area contributed by atoms with Crippen LogP contribution in [0.1, 0.15) is 104 Å². The first-order valence-electron chi connectivity index (χ1n) is 26.5. The molecule has 0 saturated heterocycles. The first-order valence-corrected chi connectivity index (χ1v) is 28.5. The van der Waals surface area contributed by atoms with Gasteiger partial charge in [-0.2, -0.15) is 0 Å². The molecule has 0 amide bonds. The molecule has 0 aliphatic carbocycles. The minimum absolute atomic E-state index is 0.00131. The van der Waals surface area contributed by atoms with Crippen molar-refractivity contribution in [1.29, 1.82) is 0 Å². The number of para-hydroxylation sites is 2. The van der Waals surface area contributed by atoms with E-state index >= 15 is 0 Å². The van der Waals surface area contributed by atoms with Crippen molar-refractivity contribution in [3.63, 3.8) is 0 Å². The number of pyridine rings is 1. The van der Waals surface area contributed by atoms with Crippen molar-refractivity contribution in [2.75, 3.05) is 16.5 Å². The van der Waals surface area contributed by atoms with Gasteiger partial charge in [-0.15, -0.1) is 0 Å². The lowest BCUT2D eigenvalue weighted by molar-refractivity contribution is 0.568. The van der Waals surface area contributed by atoms with Crippen LogP contribution in [0.4, 0.5) is 22.7 Å². The summed E-state index contributed by atoms with van der Waals surface area (Å²) < 4.78 is 2.44. The Balaban J connectivity index is 1.14. The highest BCUT2D eigenvalue weighted by molar-refractivity contribution is 7.20. The summed E-state index contributed by atoms with van der Waals surface area (Å²) in [6.07, 6.45) is 2.00. The summed E-state index contributed by atoms with van der Waals surface area (Å²) in [4.78, 5) is 10.3. The molecule has 5 heteroatoms. The van der Waals surface area contributed by atoms with Crippen molar-refractivity contribution >= 4 is 73.4 Å². The molecule has 3 heterocycles. The molecule has 0 spiro atoms. The molecule has 11 rings (SSSR count). The fourth-order valence-electron chi connectivity index (χ4n) is 11.5.